The first kappa shape index (κ1) is 12.9. The molecule has 4 nitrogen and oxygen atoms in total. The highest BCUT2D eigenvalue weighted by atomic mass is 16.1. The van der Waals surface area contributed by atoms with Gasteiger partial charge < -0.3 is 15.5 Å². The van der Waals surface area contributed by atoms with Gasteiger partial charge in [0.05, 0.1) is 11.4 Å². The van der Waals surface area contributed by atoms with Crippen LogP contribution in [0, 0.1) is 5.92 Å². The molecule has 1 aromatic carbocycles. The maximum absolute atomic E-state index is 11.3. The van der Waals surface area contributed by atoms with Gasteiger partial charge in [-0.05, 0) is 44.0 Å². The number of carbonyl (C=O) groups is 1. The van der Waals surface area contributed by atoms with Gasteiger partial charge in [-0.2, -0.15) is 0 Å². The van der Waals surface area contributed by atoms with Crippen LogP contribution in [0.2, 0.25) is 0 Å². The summed E-state index contributed by atoms with van der Waals surface area (Å²) in [5.41, 5.74) is 1.96. The minimum Gasteiger partial charge on any atom is -0.386 e. The fraction of sp³-hybridized carbons (Fsp3) is 0.500. The van der Waals surface area contributed by atoms with Gasteiger partial charge in [0.2, 0.25) is 6.41 Å². The molecule has 18 heavy (non-hydrogen) atoms. The first-order valence-electron chi connectivity index (χ1n) is 6.54. The quantitative estimate of drug-likeness (QED) is 0.778. The monoisotopic (exact) mass is 247 g/mol. The van der Waals surface area contributed by atoms with E-state index in [1.807, 2.05) is 36.2 Å². The SMILES string of the molecule is CNc1ccccc1N(C=O)CC1CCNCC1. The summed E-state index contributed by atoms with van der Waals surface area (Å²) in [6, 6.07) is 7.92. The van der Waals surface area contributed by atoms with Gasteiger partial charge in [0.15, 0.2) is 0 Å². The third kappa shape index (κ3) is 3.01. The van der Waals surface area contributed by atoms with Crippen LogP contribution in [-0.4, -0.2) is 33.1 Å². The van der Waals surface area contributed by atoms with Crippen molar-refractivity contribution in [2.45, 2.75) is 12.8 Å². The molecule has 1 aliphatic heterocycles. The fourth-order valence-corrected chi connectivity index (χ4v) is 2.48. The van der Waals surface area contributed by atoms with Crippen molar-refractivity contribution in [3.63, 3.8) is 0 Å². The third-order valence-electron chi connectivity index (χ3n) is 3.52. The molecule has 1 aliphatic rings. The minimum atomic E-state index is 0.598. The lowest BCUT2D eigenvalue weighted by Gasteiger charge is -2.28. The van der Waals surface area contributed by atoms with Gasteiger partial charge in [0.25, 0.3) is 0 Å². The van der Waals surface area contributed by atoms with Crippen molar-refractivity contribution in [3.8, 4) is 0 Å². The summed E-state index contributed by atoms with van der Waals surface area (Å²) in [6.07, 6.45) is 3.23. The van der Waals surface area contributed by atoms with Crippen molar-refractivity contribution in [2.75, 3.05) is 36.9 Å². The van der Waals surface area contributed by atoms with E-state index in [0.29, 0.717) is 5.92 Å². The van der Waals surface area contributed by atoms with E-state index in [2.05, 4.69) is 10.6 Å². The van der Waals surface area contributed by atoms with Crippen LogP contribution in [0.5, 0.6) is 0 Å². The number of nitrogens with zero attached hydrogens (tertiary/aromatic N) is 1. The molecule has 0 saturated carbocycles. The van der Waals surface area contributed by atoms with Crippen LogP contribution in [0.3, 0.4) is 0 Å². The standard InChI is InChI=1S/C14H21N3O/c1-15-13-4-2-3-5-14(13)17(11-18)10-12-6-8-16-9-7-12/h2-5,11-12,15-16H,6-10H2,1H3. The number of hydrogen-bond donors (Lipinski definition) is 2. The molecule has 0 radical (unpaired) electrons. The number of benzene rings is 1. The molecule has 1 amide bonds. The van der Waals surface area contributed by atoms with E-state index in [9.17, 15) is 4.79 Å². The highest BCUT2D eigenvalue weighted by Gasteiger charge is 2.18. The Morgan fingerprint density at radius 3 is 2.78 bits per heavy atom. The molecule has 0 spiro atoms. The van der Waals surface area contributed by atoms with Crippen LogP contribution in [0.1, 0.15) is 12.8 Å². The van der Waals surface area contributed by atoms with Gasteiger partial charge in [0, 0.05) is 13.6 Å². The molecule has 4 heteroatoms. The first-order chi connectivity index (χ1) is 8.85. The zero-order chi connectivity index (χ0) is 12.8. The van der Waals surface area contributed by atoms with Crippen molar-refractivity contribution in [1.82, 2.24) is 5.32 Å². The van der Waals surface area contributed by atoms with E-state index in [1.165, 1.54) is 0 Å². The van der Waals surface area contributed by atoms with Gasteiger partial charge >= 0.3 is 0 Å². The molecule has 1 saturated heterocycles. The normalized spacial score (nSPS) is 16.3. The molecule has 2 rings (SSSR count). The molecule has 1 heterocycles. The van der Waals surface area contributed by atoms with E-state index in [-0.39, 0.29) is 0 Å². The van der Waals surface area contributed by atoms with Crippen LogP contribution >= 0.6 is 0 Å². The molecule has 0 atom stereocenters. The Hall–Kier alpha value is -1.55. The van der Waals surface area contributed by atoms with Gasteiger partial charge in [-0.3, -0.25) is 4.79 Å². The topological polar surface area (TPSA) is 44.4 Å². The molecule has 0 aliphatic carbocycles. The molecule has 1 aromatic rings. The maximum Gasteiger partial charge on any atom is 0.214 e. The number of piperidine rings is 1. The van der Waals surface area contributed by atoms with Crippen LogP contribution in [0.15, 0.2) is 24.3 Å². The number of nitrogens with one attached hydrogen (secondary N) is 2. The Kier molecular flexibility index (Phi) is 4.59. The first-order valence-corrected chi connectivity index (χ1v) is 6.54. The number of carbonyl (C=O) groups excluding carboxylic acids is 1. The predicted octanol–water partition coefficient (Wildman–Crippen LogP) is 1.69. The number of rotatable bonds is 5. The molecular weight excluding hydrogens is 226 g/mol. The summed E-state index contributed by atoms with van der Waals surface area (Å²) in [5, 5.41) is 6.48. The Labute approximate surface area is 108 Å². The second kappa shape index (κ2) is 6.40. The Bertz CT molecular complexity index is 388. The highest BCUT2D eigenvalue weighted by molar-refractivity contribution is 5.83. The van der Waals surface area contributed by atoms with Gasteiger partial charge in [-0.1, -0.05) is 12.1 Å². The van der Waals surface area contributed by atoms with Crippen molar-refractivity contribution in [2.24, 2.45) is 5.92 Å². The zero-order valence-electron chi connectivity index (χ0n) is 10.9. The molecule has 2 N–H and O–H groups in total. The summed E-state index contributed by atoms with van der Waals surface area (Å²) < 4.78 is 0. The predicted molar refractivity (Wildman–Crippen MR) is 75.0 cm³/mol. The van der Waals surface area contributed by atoms with Crippen molar-refractivity contribution in [1.29, 1.82) is 0 Å². The highest BCUT2D eigenvalue weighted by Crippen LogP contribution is 2.26. The summed E-state index contributed by atoms with van der Waals surface area (Å²) in [6.45, 7) is 2.93. The van der Waals surface area contributed by atoms with Crippen molar-refractivity contribution >= 4 is 17.8 Å². The molecule has 1 fully saturated rings. The molecule has 0 aromatic heterocycles. The average molecular weight is 247 g/mol. The van der Waals surface area contributed by atoms with Crippen molar-refractivity contribution < 1.29 is 4.79 Å². The Morgan fingerprint density at radius 1 is 1.39 bits per heavy atom. The Balaban J connectivity index is 2.09. The molecule has 98 valence electrons. The summed E-state index contributed by atoms with van der Waals surface area (Å²) in [7, 11) is 1.88. The van der Waals surface area contributed by atoms with Gasteiger partial charge in [-0.15, -0.1) is 0 Å². The number of anilines is 2. The largest absolute Gasteiger partial charge is 0.386 e. The summed E-state index contributed by atoms with van der Waals surface area (Å²) >= 11 is 0. The Morgan fingerprint density at radius 2 is 2.11 bits per heavy atom. The fourth-order valence-electron chi connectivity index (χ4n) is 2.48. The average Bonchev–Trinajstić information content (AvgIpc) is 2.46. The van der Waals surface area contributed by atoms with Gasteiger partial charge in [0.1, 0.15) is 0 Å². The molecule has 0 bridgehead atoms. The number of hydrogen-bond acceptors (Lipinski definition) is 3. The second-order valence-corrected chi connectivity index (χ2v) is 4.72. The number of para-hydroxylation sites is 2. The zero-order valence-corrected chi connectivity index (χ0v) is 10.9. The van der Waals surface area contributed by atoms with Crippen LogP contribution in [0.4, 0.5) is 11.4 Å². The summed E-state index contributed by atoms with van der Waals surface area (Å²) in [4.78, 5) is 13.2. The molecule has 0 unspecified atom stereocenters. The third-order valence-corrected chi connectivity index (χ3v) is 3.52. The smallest absolute Gasteiger partial charge is 0.214 e. The molecular formula is C14H21N3O. The van der Waals surface area contributed by atoms with E-state index in [1.54, 1.807) is 0 Å². The lowest BCUT2D eigenvalue weighted by molar-refractivity contribution is -0.107. The van der Waals surface area contributed by atoms with Crippen LogP contribution < -0.4 is 15.5 Å². The summed E-state index contributed by atoms with van der Waals surface area (Å²) in [5.74, 6) is 0.598. The lowest BCUT2D eigenvalue weighted by Crippen LogP contribution is -2.35. The maximum atomic E-state index is 11.3. The van der Waals surface area contributed by atoms with E-state index in [0.717, 1.165) is 50.3 Å². The van der Waals surface area contributed by atoms with Crippen molar-refractivity contribution in [3.05, 3.63) is 24.3 Å². The van der Waals surface area contributed by atoms with Crippen LogP contribution in [-0.2, 0) is 4.79 Å². The van der Waals surface area contributed by atoms with E-state index >= 15 is 0 Å². The lowest BCUT2D eigenvalue weighted by atomic mass is 9.97. The second-order valence-electron chi connectivity index (χ2n) is 4.72. The van der Waals surface area contributed by atoms with E-state index in [4.69, 9.17) is 0 Å². The van der Waals surface area contributed by atoms with E-state index < -0.39 is 0 Å². The van der Waals surface area contributed by atoms with Gasteiger partial charge in [-0.25, -0.2) is 0 Å². The number of amides is 1. The van der Waals surface area contributed by atoms with Crippen LogP contribution in [0.25, 0.3) is 0 Å². The minimum absolute atomic E-state index is 0.598.